The first-order valence-electron chi connectivity index (χ1n) is 12.2. The van der Waals surface area contributed by atoms with E-state index < -0.39 is 5.97 Å². The Hall–Kier alpha value is -4.06. The van der Waals surface area contributed by atoms with Gasteiger partial charge < -0.3 is 4.74 Å². The largest absolute Gasteiger partial charge is 0.454 e. The van der Waals surface area contributed by atoms with E-state index >= 15 is 0 Å². The maximum Gasteiger partial charge on any atom is 0.338 e. The quantitative estimate of drug-likeness (QED) is 0.278. The summed E-state index contributed by atoms with van der Waals surface area (Å²) in [5, 5.41) is 0. The summed E-state index contributed by atoms with van der Waals surface area (Å²) in [6, 6.07) is 23.4. The lowest BCUT2D eigenvalue weighted by Crippen LogP contribution is -2.30. The van der Waals surface area contributed by atoms with Crippen LogP contribution in [0.3, 0.4) is 0 Å². The third-order valence-electron chi connectivity index (χ3n) is 7.27. The van der Waals surface area contributed by atoms with E-state index in [0.29, 0.717) is 24.1 Å². The van der Waals surface area contributed by atoms with Gasteiger partial charge in [0.25, 0.3) is 0 Å². The van der Waals surface area contributed by atoms with Crippen LogP contribution in [0.4, 0.5) is 5.69 Å². The topological polar surface area (TPSA) is 80.8 Å². The van der Waals surface area contributed by atoms with Crippen LogP contribution in [0.15, 0.2) is 78.9 Å². The van der Waals surface area contributed by atoms with E-state index in [0.717, 1.165) is 12.0 Å². The van der Waals surface area contributed by atoms with Crippen molar-refractivity contribution in [1.29, 1.82) is 0 Å². The highest BCUT2D eigenvalue weighted by atomic mass is 16.5. The van der Waals surface area contributed by atoms with E-state index in [1.807, 2.05) is 37.3 Å². The SMILES string of the molecule is Cc1ccc(C(=O)COC(=O)c2ccc(N3C(=O)C4CCC(c5ccccc5)CC4C3=O)cc2)cc1. The Morgan fingerprint density at radius 2 is 1.44 bits per heavy atom. The number of carbonyl (C=O) groups excluding carboxylic acids is 4. The Bertz CT molecular complexity index is 1300. The fraction of sp³-hybridized carbons (Fsp3) is 0.267. The Kier molecular flexibility index (Phi) is 6.51. The van der Waals surface area contributed by atoms with Gasteiger partial charge in [0.2, 0.25) is 11.8 Å². The molecule has 1 heterocycles. The Balaban J connectivity index is 1.23. The summed E-state index contributed by atoms with van der Waals surface area (Å²) in [5.41, 5.74) is 3.41. The second-order valence-electron chi connectivity index (χ2n) is 9.56. The molecule has 1 saturated carbocycles. The maximum atomic E-state index is 13.3. The number of rotatable bonds is 6. The van der Waals surface area contributed by atoms with E-state index in [9.17, 15) is 19.2 Å². The predicted octanol–water partition coefficient (Wildman–Crippen LogP) is 5.11. The highest BCUT2D eigenvalue weighted by Crippen LogP contribution is 2.45. The molecule has 3 atom stereocenters. The van der Waals surface area contributed by atoms with Crippen LogP contribution in [0.2, 0.25) is 0 Å². The minimum absolute atomic E-state index is 0.171. The molecule has 3 unspecified atom stereocenters. The molecule has 0 N–H and O–H groups in total. The third kappa shape index (κ3) is 4.59. The van der Waals surface area contributed by atoms with Crippen LogP contribution in [0, 0.1) is 18.8 Å². The molecular formula is C30H27NO5. The van der Waals surface area contributed by atoms with Crippen molar-refractivity contribution in [3.05, 3.63) is 101 Å². The molecular weight excluding hydrogens is 454 g/mol. The number of ether oxygens (including phenoxy) is 1. The van der Waals surface area contributed by atoms with E-state index in [2.05, 4.69) is 12.1 Å². The van der Waals surface area contributed by atoms with Crippen LogP contribution in [-0.2, 0) is 14.3 Å². The first-order chi connectivity index (χ1) is 17.4. The van der Waals surface area contributed by atoms with Crippen molar-refractivity contribution in [2.45, 2.75) is 32.1 Å². The van der Waals surface area contributed by atoms with Crippen LogP contribution in [-0.4, -0.2) is 30.2 Å². The highest BCUT2D eigenvalue weighted by Gasteiger charge is 2.50. The summed E-state index contributed by atoms with van der Waals surface area (Å²) in [4.78, 5) is 52.4. The lowest BCUT2D eigenvalue weighted by molar-refractivity contribution is -0.122. The molecule has 2 fully saturated rings. The second-order valence-corrected chi connectivity index (χ2v) is 9.56. The normalized spacial score (nSPS) is 21.2. The molecule has 3 aromatic carbocycles. The van der Waals surface area contributed by atoms with Gasteiger partial charge in [0.05, 0.1) is 23.1 Å². The van der Waals surface area contributed by atoms with Gasteiger partial charge in [0, 0.05) is 5.56 Å². The van der Waals surface area contributed by atoms with Gasteiger partial charge >= 0.3 is 5.97 Å². The van der Waals surface area contributed by atoms with Gasteiger partial charge in [-0.1, -0.05) is 60.2 Å². The first-order valence-corrected chi connectivity index (χ1v) is 12.2. The van der Waals surface area contributed by atoms with Crippen LogP contribution in [0.25, 0.3) is 0 Å². The Labute approximate surface area is 209 Å². The van der Waals surface area contributed by atoms with E-state index in [1.165, 1.54) is 22.6 Å². The zero-order valence-electron chi connectivity index (χ0n) is 20.1. The molecule has 2 amide bonds. The fourth-order valence-corrected chi connectivity index (χ4v) is 5.25. The Morgan fingerprint density at radius 1 is 0.806 bits per heavy atom. The fourth-order valence-electron chi connectivity index (χ4n) is 5.25. The molecule has 2 aliphatic rings. The standard InChI is InChI=1S/C30H27NO5/c1-19-7-9-21(10-8-19)27(32)18-36-30(35)22-11-14-24(15-12-22)31-28(33)25-16-13-23(17-26(25)29(31)34)20-5-3-2-4-6-20/h2-12,14-15,23,25-26H,13,16-18H2,1H3. The van der Waals surface area contributed by atoms with Crippen molar-refractivity contribution in [3.63, 3.8) is 0 Å². The number of nitrogens with zero attached hydrogens (tertiary/aromatic N) is 1. The van der Waals surface area contributed by atoms with E-state index in [1.54, 1.807) is 24.3 Å². The summed E-state index contributed by atoms with van der Waals surface area (Å²) in [6.45, 7) is 1.56. The van der Waals surface area contributed by atoms with Crippen LogP contribution >= 0.6 is 0 Å². The third-order valence-corrected chi connectivity index (χ3v) is 7.27. The first kappa shape index (κ1) is 23.7. The maximum absolute atomic E-state index is 13.3. The van der Waals surface area contributed by atoms with Crippen molar-refractivity contribution in [2.75, 3.05) is 11.5 Å². The van der Waals surface area contributed by atoms with Crippen molar-refractivity contribution in [1.82, 2.24) is 0 Å². The number of esters is 1. The number of aryl methyl sites for hydroxylation is 1. The molecule has 36 heavy (non-hydrogen) atoms. The summed E-state index contributed by atoms with van der Waals surface area (Å²) in [5.74, 6) is -1.63. The average molecular weight is 482 g/mol. The monoisotopic (exact) mass is 481 g/mol. The predicted molar refractivity (Wildman–Crippen MR) is 135 cm³/mol. The number of Topliss-reactive ketones (excluding diaryl/α,β-unsaturated/α-hetero) is 1. The molecule has 182 valence electrons. The molecule has 1 aliphatic heterocycles. The summed E-state index contributed by atoms with van der Waals surface area (Å²) in [6.07, 6.45) is 2.23. The molecule has 1 saturated heterocycles. The van der Waals surface area contributed by atoms with Gasteiger partial charge in [0.1, 0.15) is 0 Å². The number of benzene rings is 3. The lowest BCUT2D eigenvalue weighted by atomic mass is 9.73. The zero-order chi connectivity index (χ0) is 25.2. The highest BCUT2D eigenvalue weighted by molar-refractivity contribution is 6.22. The summed E-state index contributed by atoms with van der Waals surface area (Å²) < 4.78 is 5.18. The molecule has 6 nitrogen and oxygen atoms in total. The molecule has 0 bridgehead atoms. The lowest BCUT2D eigenvalue weighted by Gasteiger charge is -2.28. The number of fused-ring (bicyclic) bond motifs is 1. The van der Waals surface area contributed by atoms with E-state index in [4.69, 9.17) is 4.74 Å². The van der Waals surface area contributed by atoms with Gasteiger partial charge in [-0.05, 0) is 61.9 Å². The van der Waals surface area contributed by atoms with E-state index in [-0.39, 0.29) is 47.5 Å². The van der Waals surface area contributed by atoms with Gasteiger partial charge in [-0.3, -0.25) is 19.3 Å². The number of hydrogen-bond acceptors (Lipinski definition) is 5. The number of hydrogen-bond donors (Lipinski definition) is 0. The van der Waals surface area contributed by atoms with Crippen LogP contribution in [0.1, 0.15) is 57.0 Å². The molecule has 3 aromatic rings. The van der Waals surface area contributed by atoms with Crippen molar-refractivity contribution >= 4 is 29.3 Å². The summed E-state index contributed by atoms with van der Waals surface area (Å²) >= 11 is 0. The number of amides is 2. The van der Waals surface area contributed by atoms with Gasteiger partial charge in [-0.25, -0.2) is 4.79 Å². The summed E-state index contributed by atoms with van der Waals surface area (Å²) in [7, 11) is 0. The van der Waals surface area contributed by atoms with Gasteiger partial charge in [-0.2, -0.15) is 0 Å². The van der Waals surface area contributed by atoms with Crippen molar-refractivity contribution < 1.29 is 23.9 Å². The van der Waals surface area contributed by atoms with Crippen LogP contribution in [0.5, 0.6) is 0 Å². The molecule has 6 heteroatoms. The van der Waals surface area contributed by atoms with Crippen LogP contribution < -0.4 is 4.90 Å². The number of ketones is 1. The minimum Gasteiger partial charge on any atom is -0.454 e. The average Bonchev–Trinajstić information content (AvgIpc) is 3.17. The van der Waals surface area contributed by atoms with Crippen molar-refractivity contribution in [2.24, 2.45) is 11.8 Å². The molecule has 0 spiro atoms. The second kappa shape index (κ2) is 9.90. The van der Waals surface area contributed by atoms with Gasteiger partial charge in [-0.15, -0.1) is 0 Å². The molecule has 0 aromatic heterocycles. The molecule has 5 rings (SSSR count). The number of anilines is 1. The number of imide groups is 1. The molecule has 1 aliphatic carbocycles. The molecule has 0 radical (unpaired) electrons. The Morgan fingerprint density at radius 3 is 2.14 bits per heavy atom. The number of carbonyl (C=O) groups is 4. The van der Waals surface area contributed by atoms with Crippen molar-refractivity contribution in [3.8, 4) is 0 Å². The zero-order valence-corrected chi connectivity index (χ0v) is 20.1. The van der Waals surface area contributed by atoms with Gasteiger partial charge in [0.15, 0.2) is 12.4 Å². The minimum atomic E-state index is -0.638. The smallest absolute Gasteiger partial charge is 0.338 e.